The molecule has 4 N–H and O–H groups in total. The van der Waals surface area contributed by atoms with Gasteiger partial charge in [0.25, 0.3) is 11.8 Å². The van der Waals surface area contributed by atoms with Crippen LogP contribution in [0.25, 0.3) is 0 Å². The molecule has 0 saturated carbocycles. The molecule has 214 valence electrons. The lowest BCUT2D eigenvalue weighted by atomic mass is 9.78. The van der Waals surface area contributed by atoms with E-state index in [1.54, 1.807) is 34.6 Å². The molecule has 0 spiro atoms. The molecular weight excluding hydrogens is 496 g/mol. The second-order valence-corrected chi connectivity index (χ2v) is 10.5. The molecule has 0 aromatic heterocycles. The molecule has 38 heavy (non-hydrogen) atoms. The molecule has 12 heteroatoms. The third kappa shape index (κ3) is 12.0. The van der Waals surface area contributed by atoms with Crippen LogP contribution in [0.1, 0.15) is 53.9 Å². The van der Waals surface area contributed by atoms with Gasteiger partial charge in [-0.15, -0.1) is 0 Å². The van der Waals surface area contributed by atoms with E-state index < -0.39 is 29.3 Å². The summed E-state index contributed by atoms with van der Waals surface area (Å²) in [6.45, 7) is 9.54. The Morgan fingerprint density at radius 3 is 2.16 bits per heavy atom. The zero-order valence-corrected chi connectivity index (χ0v) is 23.0. The Morgan fingerprint density at radius 1 is 1.00 bits per heavy atom. The quantitative estimate of drug-likeness (QED) is 0.169. The lowest BCUT2D eigenvalue weighted by Gasteiger charge is -2.27. The normalized spacial score (nSPS) is 15.1. The topological polar surface area (TPSA) is 174 Å². The monoisotopic (exact) mass is 538 g/mol. The number of primary amides is 1. The van der Waals surface area contributed by atoms with Crippen molar-refractivity contribution < 1.29 is 38.2 Å². The SMILES string of the molecule is CC(C)[C@H](NC(=O)COCCOCCN1C(=O)C=CC1=O)C(=O)C[C@@H](CCCNC(N)=O)C(=O)C(C)(C)C. The smallest absolute Gasteiger partial charge is 0.312 e. The predicted octanol–water partition coefficient (Wildman–Crippen LogP) is 0.725. The summed E-state index contributed by atoms with van der Waals surface area (Å²) in [6, 6.07) is -1.44. The van der Waals surface area contributed by atoms with Crippen LogP contribution in [-0.2, 0) is 33.4 Å². The summed E-state index contributed by atoms with van der Waals surface area (Å²) in [6.07, 6.45) is 3.26. The maximum absolute atomic E-state index is 13.1. The summed E-state index contributed by atoms with van der Waals surface area (Å²) in [5.74, 6) is -2.29. The maximum atomic E-state index is 13.1. The largest absolute Gasteiger partial charge is 0.377 e. The molecule has 1 heterocycles. The number of carbonyl (C=O) groups excluding carboxylic acids is 6. The number of imide groups is 1. The fourth-order valence-electron chi connectivity index (χ4n) is 3.89. The van der Waals surface area contributed by atoms with Crippen LogP contribution in [0.2, 0.25) is 0 Å². The van der Waals surface area contributed by atoms with E-state index in [-0.39, 0.29) is 68.7 Å². The average Bonchev–Trinajstić information content (AvgIpc) is 3.14. The first-order chi connectivity index (χ1) is 17.7. The van der Waals surface area contributed by atoms with Gasteiger partial charge in [0.05, 0.1) is 32.4 Å². The van der Waals surface area contributed by atoms with Crippen LogP contribution in [0.5, 0.6) is 0 Å². The Labute approximate surface area is 224 Å². The minimum atomic E-state index is -0.787. The molecule has 0 radical (unpaired) electrons. The molecule has 12 nitrogen and oxygen atoms in total. The van der Waals surface area contributed by atoms with Crippen molar-refractivity contribution in [1.82, 2.24) is 15.5 Å². The molecule has 1 aliphatic heterocycles. The van der Waals surface area contributed by atoms with Gasteiger partial charge in [-0.25, -0.2) is 4.79 Å². The van der Waals surface area contributed by atoms with E-state index in [4.69, 9.17) is 15.2 Å². The van der Waals surface area contributed by atoms with Crippen molar-refractivity contribution in [2.24, 2.45) is 23.0 Å². The fourth-order valence-corrected chi connectivity index (χ4v) is 3.89. The zero-order valence-electron chi connectivity index (χ0n) is 23.0. The molecule has 0 aromatic rings. The van der Waals surface area contributed by atoms with Crippen molar-refractivity contribution in [3.8, 4) is 0 Å². The Kier molecular flexibility index (Phi) is 13.8. The minimum Gasteiger partial charge on any atom is -0.377 e. The van der Waals surface area contributed by atoms with Crippen molar-refractivity contribution in [2.45, 2.75) is 59.9 Å². The van der Waals surface area contributed by atoms with E-state index in [1.807, 2.05) is 0 Å². The summed E-state index contributed by atoms with van der Waals surface area (Å²) >= 11 is 0. The molecule has 0 fully saturated rings. The number of amides is 5. The van der Waals surface area contributed by atoms with Crippen LogP contribution in [0.4, 0.5) is 4.79 Å². The summed E-state index contributed by atoms with van der Waals surface area (Å²) in [4.78, 5) is 73.4. The maximum Gasteiger partial charge on any atom is 0.312 e. The number of hydrogen-bond acceptors (Lipinski definition) is 8. The molecule has 0 saturated heterocycles. The van der Waals surface area contributed by atoms with E-state index in [2.05, 4.69) is 10.6 Å². The average molecular weight is 539 g/mol. The number of ketones is 2. The van der Waals surface area contributed by atoms with E-state index in [0.29, 0.717) is 19.4 Å². The third-order valence-corrected chi connectivity index (χ3v) is 5.88. The number of urea groups is 1. The molecule has 0 aliphatic carbocycles. The number of Topliss-reactive ketones (excluding diaryl/α,β-unsaturated/α-hetero) is 2. The van der Waals surface area contributed by atoms with Crippen molar-refractivity contribution in [1.29, 1.82) is 0 Å². The number of nitrogens with one attached hydrogen (secondary N) is 2. The van der Waals surface area contributed by atoms with Gasteiger partial charge >= 0.3 is 6.03 Å². The lowest BCUT2D eigenvalue weighted by molar-refractivity contribution is -0.138. The van der Waals surface area contributed by atoms with E-state index in [0.717, 1.165) is 4.90 Å². The number of nitrogens with zero attached hydrogens (tertiary/aromatic N) is 1. The van der Waals surface area contributed by atoms with Crippen molar-refractivity contribution in [2.75, 3.05) is 39.5 Å². The first kappa shape index (κ1) is 32.9. The summed E-state index contributed by atoms with van der Waals surface area (Å²) in [5.41, 5.74) is 4.43. The number of nitrogens with two attached hydrogens (primary N) is 1. The van der Waals surface area contributed by atoms with Crippen LogP contribution in [0.15, 0.2) is 12.2 Å². The first-order valence-electron chi connectivity index (χ1n) is 12.8. The highest BCUT2D eigenvalue weighted by Crippen LogP contribution is 2.26. The van der Waals surface area contributed by atoms with Gasteiger partial charge in [0.2, 0.25) is 5.91 Å². The van der Waals surface area contributed by atoms with Crippen molar-refractivity contribution in [3.63, 3.8) is 0 Å². The number of rotatable bonds is 18. The summed E-state index contributed by atoms with van der Waals surface area (Å²) in [5, 5.41) is 5.18. The summed E-state index contributed by atoms with van der Waals surface area (Å²) < 4.78 is 10.6. The highest BCUT2D eigenvalue weighted by atomic mass is 16.5. The Balaban J connectivity index is 2.49. The Bertz CT molecular complexity index is 876. The molecule has 0 unspecified atom stereocenters. The van der Waals surface area contributed by atoms with Gasteiger partial charge in [0.15, 0.2) is 5.78 Å². The molecule has 5 amide bonds. The zero-order chi connectivity index (χ0) is 28.9. The van der Waals surface area contributed by atoms with Gasteiger partial charge in [0, 0.05) is 36.5 Å². The Hall–Kier alpha value is -3.12. The minimum absolute atomic E-state index is 0.0258. The van der Waals surface area contributed by atoms with Crippen LogP contribution in [0, 0.1) is 17.3 Å². The highest BCUT2D eigenvalue weighted by molar-refractivity contribution is 6.12. The second-order valence-electron chi connectivity index (χ2n) is 10.5. The number of carbonyl (C=O) groups is 6. The second kappa shape index (κ2) is 16.0. The van der Waals surface area contributed by atoms with Crippen LogP contribution >= 0.6 is 0 Å². The third-order valence-electron chi connectivity index (χ3n) is 5.88. The predicted molar refractivity (Wildman–Crippen MR) is 139 cm³/mol. The molecule has 0 aromatic carbocycles. The van der Waals surface area contributed by atoms with Gasteiger partial charge in [-0.2, -0.15) is 0 Å². The molecule has 2 atom stereocenters. The molecule has 1 rings (SSSR count). The van der Waals surface area contributed by atoms with Crippen molar-refractivity contribution in [3.05, 3.63) is 12.2 Å². The molecular formula is C26H42N4O8. The van der Waals surface area contributed by atoms with Crippen LogP contribution < -0.4 is 16.4 Å². The number of hydrogen-bond donors (Lipinski definition) is 3. The standard InChI is InChI=1S/C26H42N4O8/c1-17(2)23(19(31)15-18(24(35)26(3,4)5)7-6-10-28-25(27)36)29-20(32)16-38-14-13-37-12-11-30-21(33)8-9-22(30)34/h8-9,17-18,23H,6-7,10-16H2,1-5H3,(H,29,32)(H3,27,28,36)/t18-,23+/m1/s1. The van der Waals surface area contributed by atoms with Crippen molar-refractivity contribution >= 4 is 35.3 Å². The Morgan fingerprint density at radius 2 is 1.61 bits per heavy atom. The van der Waals surface area contributed by atoms with Gasteiger partial charge in [-0.1, -0.05) is 34.6 Å². The van der Waals surface area contributed by atoms with Crippen LogP contribution in [0.3, 0.4) is 0 Å². The van der Waals surface area contributed by atoms with Crippen LogP contribution in [-0.4, -0.2) is 85.8 Å². The number of ether oxygens (including phenoxy) is 2. The lowest BCUT2D eigenvalue weighted by Crippen LogP contribution is -2.47. The van der Waals surface area contributed by atoms with Gasteiger partial charge in [-0.05, 0) is 18.8 Å². The van der Waals surface area contributed by atoms with E-state index in [1.165, 1.54) is 12.2 Å². The van der Waals surface area contributed by atoms with Gasteiger partial charge in [0.1, 0.15) is 12.4 Å². The first-order valence-corrected chi connectivity index (χ1v) is 12.8. The van der Waals surface area contributed by atoms with E-state index >= 15 is 0 Å². The van der Waals surface area contributed by atoms with Gasteiger partial charge < -0.3 is 25.8 Å². The van der Waals surface area contributed by atoms with E-state index in [9.17, 15) is 28.8 Å². The van der Waals surface area contributed by atoms with Gasteiger partial charge in [-0.3, -0.25) is 28.9 Å². The molecule has 0 bridgehead atoms. The highest BCUT2D eigenvalue weighted by Gasteiger charge is 2.34. The molecule has 1 aliphatic rings. The summed E-state index contributed by atoms with van der Waals surface area (Å²) in [7, 11) is 0. The fraction of sp³-hybridized carbons (Fsp3) is 0.692.